The van der Waals surface area contributed by atoms with Crippen molar-refractivity contribution < 1.29 is 14.2 Å². The fourth-order valence-electron chi connectivity index (χ4n) is 2.42. The van der Waals surface area contributed by atoms with Gasteiger partial charge in [-0.25, -0.2) is 4.39 Å². The van der Waals surface area contributed by atoms with E-state index in [-0.39, 0.29) is 17.8 Å². The quantitative estimate of drug-likeness (QED) is 0.862. The van der Waals surface area contributed by atoms with Crippen LogP contribution in [0.4, 0.5) is 4.39 Å². The third kappa shape index (κ3) is 3.16. The van der Waals surface area contributed by atoms with Crippen LogP contribution in [0.5, 0.6) is 0 Å². The number of aliphatic hydroxyl groups is 1. The summed E-state index contributed by atoms with van der Waals surface area (Å²) < 4.78 is 19.1. The minimum Gasteiger partial charge on any atom is -0.396 e. The molecule has 2 heterocycles. The van der Waals surface area contributed by atoms with Crippen LogP contribution in [0, 0.1) is 11.2 Å². The van der Waals surface area contributed by atoms with Gasteiger partial charge in [0.2, 0.25) is 0 Å². The summed E-state index contributed by atoms with van der Waals surface area (Å²) in [6, 6.07) is 9.04. The van der Waals surface area contributed by atoms with Crippen molar-refractivity contribution in [1.29, 1.82) is 0 Å². The monoisotopic (exact) mass is 307 g/mol. The van der Waals surface area contributed by atoms with Crippen molar-refractivity contribution in [3.8, 4) is 10.4 Å². The highest BCUT2D eigenvalue weighted by molar-refractivity contribution is 7.13. The molecule has 0 unspecified atom stereocenters. The predicted molar refractivity (Wildman–Crippen MR) is 81.8 cm³/mol. The van der Waals surface area contributed by atoms with E-state index in [1.807, 2.05) is 23.6 Å². The van der Waals surface area contributed by atoms with Crippen molar-refractivity contribution in [2.45, 2.75) is 6.54 Å². The molecule has 0 atom stereocenters. The summed E-state index contributed by atoms with van der Waals surface area (Å²) >= 11 is 1.53. The van der Waals surface area contributed by atoms with Gasteiger partial charge < -0.3 is 15.2 Å². The van der Waals surface area contributed by atoms with E-state index in [0.29, 0.717) is 31.9 Å². The van der Waals surface area contributed by atoms with Crippen LogP contribution >= 0.6 is 11.3 Å². The Morgan fingerprint density at radius 3 is 2.81 bits per heavy atom. The number of halogens is 1. The van der Waals surface area contributed by atoms with E-state index >= 15 is 0 Å². The molecule has 0 aliphatic carbocycles. The minimum absolute atomic E-state index is 0.129. The molecule has 1 aliphatic rings. The van der Waals surface area contributed by atoms with Gasteiger partial charge in [0, 0.05) is 23.5 Å². The van der Waals surface area contributed by atoms with Crippen LogP contribution in [0.25, 0.3) is 10.4 Å². The first-order valence-electron chi connectivity index (χ1n) is 6.94. The molecule has 2 aromatic rings. The van der Waals surface area contributed by atoms with Crippen molar-refractivity contribution in [2.24, 2.45) is 5.41 Å². The molecule has 0 bridgehead atoms. The van der Waals surface area contributed by atoms with Crippen LogP contribution in [-0.4, -0.2) is 31.5 Å². The number of hydrogen-bond donors (Lipinski definition) is 2. The number of nitrogens with one attached hydrogen (secondary N) is 1. The van der Waals surface area contributed by atoms with Gasteiger partial charge in [-0.1, -0.05) is 12.1 Å². The van der Waals surface area contributed by atoms with Gasteiger partial charge in [-0.15, -0.1) is 11.3 Å². The lowest BCUT2D eigenvalue weighted by molar-refractivity contribution is -0.134. The number of aliphatic hydroxyl groups excluding tert-OH is 1. The Labute approximate surface area is 127 Å². The molecule has 3 nitrogen and oxygen atoms in total. The van der Waals surface area contributed by atoms with Crippen LogP contribution in [0.2, 0.25) is 0 Å². The molecule has 1 fully saturated rings. The fraction of sp³-hybridized carbons (Fsp3) is 0.375. The van der Waals surface area contributed by atoms with E-state index in [1.165, 1.54) is 17.4 Å². The Balaban J connectivity index is 1.65. The maximum atomic E-state index is 13.9. The first kappa shape index (κ1) is 14.7. The van der Waals surface area contributed by atoms with Crippen molar-refractivity contribution >= 4 is 11.3 Å². The molecule has 0 spiro atoms. The smallest absolute Gasteiger partial charge is 0.131 e. The van der Waals surface area contributed by atoms with Crippen molar-refractivity contribution in [1.82, 2.24) is 5.32 Å². The standard InChI is InChI=1S/C16H18FNO2S/c17-14-4-3-12(6-13(14)15-2-1-5-21-15)7-18-8-16(9-19)10-20-11-16/h1-6,18-19H,7-11H2. The number of benzene rings is 1. The molecule has 1 aliphatic heterocycles. The minimum atomic E-state index is -0.194. The molecule has 3 rings (SSSR count). The van der Waals surface area contributed by atoms with E-state index in [4.69, 9.17) is 4.74 Å². The average Bonchev–Trinajstić information content (AvgIpc) is 2.97. The van der Waals surface area contributed by atoms with Gasteiger partial charge in [0.05, 0.1) is 25.2 Å². The Morgan fingerprint density at radius 1 is 1.33 bits per heavy atom. The van der Waals surface area contributed by atoms with E-state index in [2.05, 4.69) is 5.32 Å². The number of hydrogen-bond acceptors (Lipinski definition) is 4. The van der Waals surface area contributed by atoms with Crippen LogP contribution in [0.15, 0.2) is 35.7 Å². The third-order valence-corrected chi connectivity index (χ3v) is 4.70. The van der Waals surface area contributed by atoms with Crippen LogP contribution in [0.1, 0.15) is 5.56 Å². The van der Waals surface area contributed by atoms with Gasteiger partial charge in [0.1, 0.15) is 5.82 Å². The topological polar surface area (TPSA) is 41.5 Å². The Bertz CT molecular complexity index is 591. The molecular formula is C16H18FNO2S. The highest BCUT2D eigenvalue weighted by Crippen LogP contribution is 2.28. The molecule has 0 saturated carbocycles. The zero-order valence-corrected chi connectivity index (χ0v) is 12.5. The van der Waals surface area contributed by atoms with E-state index in [9.17, 15) is 9.50 Å². The summed E-state index contributed by atoms with van der Waals surface area (Å²) in [6.07, 6.45) is 0. The molecule has 0 radical (unpaired) electrons. The maximum absolute atomic E-state index is 13.9. The second-order valence-electron chi connectivity index (χ2n) is 5.55. The number of ether oxygens (including phenoxy) is 1. The summed E-state index contributed by atoms with van der Waals surface area (Å²) in [5, 5.41) is 14.6. The van der Waals surface area contributed by atoms with Crippen LogP contribution < -0.4 is 5.32 Å². The zero-order chi connectivity index (χ0) is 14.7. The molecule has 1 aromatic heterocycles. The average molecular weight is 307 g/mol. The van der Waals surface area contributed by atoms with Gasteiger partial charge in [0.25, 0.3) is 0 Å². The third-order valence-electron chi connectivity index (χ3n) is 3.80. The Hall–Kier alpha value is -1.27. The van der Waals surface area contributed by atoms with E-state index in [1.54, 1.807) is 6.07 Å². The van der Waals surface area contributed by atoms with Gasteiger partial charge in [-0.05, 0) is 29.1 Å². The van der Waals surface area contributed by atoms with Gasteiger partial charge >= 0.3 is 0 Å². The van der Waals surface area contributed by atoms with Crippen LogP contribution in [0.3, 0.4) is 0 Å². The van der Waals surface area contributed by atoms with Gasteiger partial charge in [0.15, 0.2) is 0 Å². The molecule has 1 saturated heterocycles. The number of thiophene rings is 1. The van der Waals surface area contributed by atoms with Crippen molar-refractivity contribution in [3.05, 3.63) is 47.1 Å². The second kappa shape index (κ2) is 6.23. The summed E-state index contributed by atoms with van der Waals surface area (Å²) in [6.45, 7) is 2.68. The van der Waals surface area contributed by atoms with Crippen molar-refractivity contribution in [2.75, 3.05) is 26.4 Å². The SMILES string of the molecule is OCC1(CNCc2ccc(F)c(-c3cccs3)c2)COC1. The molecule has 112 valence electrons. The largest absolute Gasteiger partial charge is 0.396 e. The van der Waals surface area contributed by atoms with E-state index in [0.717, 1.165) is 10.4 Å². The Morgan fingerprint density at radius 2 is 2.19 bits per heavy atom. The highest BCUT2D eigenvalue weighted by Gasteiger charge is 2.37. The first-order valence-corrected chi connectivity index (χ1v) is 7.82. The van der Waals surface area contributed by atoms with Gasteiger partial charge in [-0.3, -0.25) is 0 Å². The summed E-state index contributed by atoms with van der Waals surface area (Å²) in [5.41, 5.74) is 1.54. The molecule has 21 heavy (non-hydrogen) atoms. The summed E-state index contributed by atoms with van der Waals surface area (Å²) in [4.78, 5) is 0.938. The fourth-order valence-corrected chi connectivity index (χ4v) is 3.16. The lowest BCUT2D eigenvalue weighted by atomic mass is 9.87. The predicted octanol–water partition coefficient (Wildman–Crippen LogP) is 2.65. The second-order valence-corrected chi connectivity index (χ2v) is 6.49. The molecule has 2 N–H and O–H groups in total. The highest BCUT2D eigenvalue weighted by atomic mass is 32.1. The van der Waals surface area contributed by atoms with Gasteiger partial charge in [-0.2, -0.15) is 0 Å². The first-order chi connectivity index (χ1) is 10.2. The van der Waals surface area contributed by atoms with Crippen LogP contribution in [-0.2, 0) is 11.3 Å². The van der Waals surface area contributed by atoms with E-state index < -0.39 is 0 Å². The number of rotatable bonds is 6. The summed E-state index contributed by atoms with van der Waals surface area (Å²) in [7, 11) is 0. The molecular weight excluding hydrogens is 289 g/mol. The maximum Gasteiger partial charge on any atom is 0.131 e. The molecule has 0 amide bonds. The lowest BCUT2D eigenvalue weighted by Crippen LogP contribution is -2.52. The Kier molecular flexibility index (Phi) is 4.35. The zero-order valence-electron chi connectivity index (χ0n) is 11.6. The van der Waals surface area contributed by atoms with Crippen molar-refractivity contribution in [3.63, 3.8) is 0 Å². The normalized spacial score (nSPS) is 16.7. The lowest BCUT2D eigenvalue weighted by Gasteiger charge is -2.40. The summed E-state index contributed by atoms with van der Waals surface area (Å²) in [5.74, 6) is -0.194. The molecule has 1 aromatic carbocycles. The molecule has 5 heteroatoms.